The van der Waals surface area contributed by atoms with Gasteiger partial charge in [-0.25, -0.2) is 9.78 Å². The van der Waals surface area contributed by atoms with E-state index in [0.29, 0.717) is 21.6 Å². The first-order chi connectivity index (χ1) is 16.3. The summed E-state index contributed by atoms with van der Waals surface area (Å²) in [6, 6.07) is 11.7. The van der Waals surface area contributed by atoms with Crippen LogP contribution in [0.25, 0.3) is 27.8 Å². The van der Waals surface area contributed by atoms with E-state index in [0.717, 1.165) is 11.3 Å². The lowest BCUT2D eigenvalue weighted by Gasteiger charge is -2.05. The van der Waals surface area contributed by atoms with Gasteiger partial charge >= 0.3 is 5.63 Å². The molecular formula is C22H13N5O6S. The molecule has 0 aliphatic heterocycles. The van der Waals surface area contributed by atoms with Crippen LogP contribution in [0.2, 0.25) is 0 Å². The minimum Gasteiger partial charge on any atom is -0.422 e. The van der Waals surface area contributed by atoms with Gasteiger partial charge in [-0.2, -0.15) is 5.26 Å². The first kappa shape index (κ1) is 22.3. The maximum Gasteiger partial charge on any atom is 0.345 e. The Morgan fingerprint density at radius 2 is 1.85 bits per heavy atom. The Morgan fingerprint density at radius 1 is 1.15 bits per heavy atom. The maximum absolute atomic E-state index is 12.4. The number of allylic oxidation sites excluding steroid dienone is 1. The van der Waals surface area contributed by atoms with Crippen molar-refractivity contribution in [1.82, 2.24) is 4.98 Å². The van der Waals surface area contributed by atoms with Crippen LogP contribution in [-0.4, -0.2) is 14.8 Å². The molecule has 0 radical (unpaired) electrons. The van der Waals surface area contributed by atoms with Gasteiger partial charge in [0.15, 0.2) is 0 Å². The van der Waals surface area contributed by atoms with E-state index >= 15 is 0 Å². The topological polar surface area (TPSA) is 165 Å². The first-order valence-electron chi connectivity index (χ1n) is 9.57. The van der Waals surface area contributed by atoms with E-state index in [2.05, 4.69) is 10.3 Å². The Labute approximate surface area is 194 Å². The lowest BCUT2D eigenvalue weighted by Crippen LogP contribution is -2.03. The number of nitriles is 1. The van der Waals surface area contributed by atoms with Crippen LogP contribution < -0.4 is 10.9 Å². The normalized spacial score (nSPS) is 11.2. The number of fused-ring (bicyclic) bond motifs is 1. The number of anilines is 1. The molecule has 0 saturated carbocycles. The molecule has 4 rings (SSSR count). The summed E-state index contributed by atoms with van der Waals surface area (Å²) in [5.74, 6) is 0. The van der Waals surface area contributed by atoms with Crippen LogP contribution in [0.5, 0.6) is 0 Å². The third-order valence-electron chi connectivity index (χ3n) is 4.85. The molecule has 1 N–H and O–H groups in total. The molecule has 2 heterocycles. The van der Waals surface area contributed by atoms with Gasteiger partial charge < -0.3 is 9.73 Å². The van der Waals surface area contributed by atoms with Crippen molar-refractivity contribution in [2.24, 2.45) is 0 Å². The minimum atomic E-state index is -0.666. The molecule has 34 heavy (non-hydrogen) atoms. The number of hydrogen-bond acceptors (Lipinski definition) is 10. The van der Waals surface area contributed by atoms with E-state index in [1.807, 2.05) is 6.07 Å². The summed E-state index contributed by atoms with van der Waals surface area (Å²) in [6.07, 6.45) is 1.42. The molecule has 0 bridgehead atoms. The van der Waals surface area contributed by atoms with Crippen LogP contribution in [0.1, 0.15) is 10.6 Å². The van der Waals surface area contributed by atoms with E-state index in [1.54, 1.807) is 12.3 Å². The number of benzene rings is 2. The van der Waals surface area contributed by atoms with Gasteiger partial charge in [0, 0.05) is 46.9 Å². The fraction of sp³-hybridized carbons (Fsp3) is 0.0455. The Balaban J connectivity index is 1.65. The van der Waals surface area contributed by atoms with Crippen LogP contribution in [0.4, 0.5) is 17.1 Å². The first-order valence-corrected chi connectivity index (χ1v) is 10.4. The van der Waals surface area contributed by atoms with Crippen molar-refractivity contribution in [3.05, 3.63) is 95.3 Å². The second-order valence-corrected chi connectivity index (χ2v) is 7.89. The Kier molecular flexibility index (Phi) is 5.86. The van der Waals surface area contributed by atoms with E-state index in [9.17, 15) is 30.3 Å². The highest BCUT2D eigenvalue weighted by Gasteiger charge is 2.16. The predicted octanol–water partition coefficient (Wildman–Crippen LogP) is 5.02. The Bertz CT molecular complexity index is 1600. The second kappa shape index (κ2) is 8.93. The summed E-state index contributed by atoms with van der Waals surface area (Å²) in [7, 11) is 0. The number of nitro groups is 2. The van der Waals surface area contributed by atoms with Gasteiger partial charge in [-0.3, -0.25) is 20.2 Å². The number of aromatic nitrogens is 1. The number of non-ortho nitro benzene ring substituents is 2. The number of nitrogens with one attached hydrogen (secondary N) is 1. The molecule has 0 fully saturated rings. The summed E-state index contributed by atoms with van der Waals surface area (Å²) < 4.78 is 5.27. The molecule has 168 valence electrons. The van der Waals surface area contributed by atoms with E-state index in [-0.39, 0.29) is 33.8 Å². The van der Waals surface area contributed by atoms with Crippen molar-refractivity contribution in [1.29, 1.82) is 5.26 Å². The van der Waals surface area contributed by atoms with Crippen LogP contribution in [-0.2, 0) is 0 Å². The SMILES string of the molecule is Cc1cc([N+](=O)[O-])ccc1N/C=C(\C#N)c1nc(-c2cc3cc([N+](=O)[O-])ccc3oc2=O)cs1. The van der Waals surface area contributed by atoms with Gasteiger partial charge in [-0.15, -0.1) is 11.3 Å². The lowest BCUT2D eigenvalue weighted by atomic mass is 10.1. The zero-order valence-corrected chi connectivity index (χ0v) is 18.2. The summed E-state index contributed by atoms with van der Waals surface area (Å²) in [6.45, 7) is 1.69. The molecule has 12 heteroatoms. The molecule has 0 aliphatic rings. The van der Waals surface area contributed by atoms with E-state index in [4.69, 9.17) is 4.42 Å². The van der Waals surface area contributed by atoms with Crippen molar-refractivity contribution in [2.75, 3.05) is 5.32 Å². The fourth-order valence-electron chi connectivity index (χ4n) is 3.14. The fourth-order valence-corrected chi connectivity index (χ4v) is 3.92. The standard InChI is InChI=1S/C22H13N5O6S/c1-12-6-15(26(29)30)2-4-18(12)24-10-14(9-23)21-25-19(11-34-21)17-8-13-7-16(27(31)32)3-5-20(13)33-22(17)28/h2-8,10-11,24H,1H3/b14-10+. The lowest BCUT2D eigenvalue weighted by molar-refractivity contribution is -0.385. The Hall–Kier alpha value is -4.89. The third kappa shape index (κ3) is 4.36. The van der Waals surface area contributed by atoms with Gasteiger partial charge in [-0.05, 0) is 30.7 Å². The molecule has 0 aliphatic carbocycles. The number of aryl methyl sites for hydroxylation is 1. The number of nitro benzene ring substituents is 2. The van der Waals surface area contributed by atoms with E-state index < -0.39 is 15.5 Å². The zero-order valence-electron chi connectivity index (χ0n) is 17.3. The van der Waals surface area contributed by atoms with Gasteiger partial charge in [-0.1, -0.05) is 0 Å². The van der Waals surface area contributed by atoms with Crippen LogP contribution in [0.15, 0.2) is 63.3 Å². The molecule has 2 aromatic carbocycles. The number of thiazole rings is 1. The van der Waals surface area contributed by atoms with Crippen molar-refractivity contribution >= 4 is 44.9 Å². The van der Waals surface area contributed by atoms with Gasteiger partial charge in [0.25, 0.3) is 11.4 Å². The molecular weight excluding hydrogens is 462 g/mol. The van der Waals surface area contributed by atoms with Gasteiger partial charge in [0.2, 0.25) is 0 Å². The average molecular weight is 475 g/mol. The summed E-state index contributed by atoms with van der Waals surface area (Å²) in [5.41, 5.74) is 1.08. The van der Waals surface area contributed by atoms with Crippen LogP contribution >= 0.6 is 11.3 Å². The molecule has 11 nitrogen and oxygen atoms in total. The van der Waals surface area contributed by atoms with Crippen LogP contribution in [0.3, 0.4) is 0 Å². The van der Waals surface area contributed by atoms with Crippen LogP contribution in [0, 0.1) is 38.5 Å². The largest absolute Gasteiger partial charge is 0.422 e. The summed E-state index contributed by atoms with van der Waals surface area (Å²) in [5, 5.41) is 36.7. The predicted molar refractivity (Wildman–Crippen MR) is 125 cm³/mol. The number of rotatable bonds is 6. The monoisotopic (exact) mass is 475 g/mol. The highest BCUT2D eigenvalue weighted by molar-refractivity contribution is 7.11. The van der Waals surface area contributed by atoms with Crippen molar-refractivity contribution in [2.45, 2.75) is 6.92 Å². The summed E-state index contributed by atoms with van der Waals surface area (Å²) >= 11 is 1.12. The summed E-state index contributed by atoms with van der Waals surface area (Å²) in [4.78, 5) is 37.7. The smallest absolute Gasteiger partial charge is 0.345 e. The molecule has 0 atom stereocenters. The van der Waals surface area contributed by atoms with Gasteiger partial charge in [0.1, 0.15) is 22.2 Å². The molecule has 2 aromatic heterocycles. The molecule has 0 spiro atoms. The highest BCUT2D eigenvalue weighted by Crippen LogP contribution is 2.28. The molecule has 4 aromatic rings. The number of nitrogens with zero attached hydrogens (tertiary/aromatic N) is 4. The maximum atomic E-state index is 12.4. The number of hydrogen-bond donors (Lipinski definition) is 1. The van der Waals surface area contributed by atoms with Crippen molar-refractivity contribution in [3.63, 3.8) is 0 Å². The zero-order chi connectivity index (χ0) is 24.4. The Morgan fingerprint density at radius 3 is 2.53 bits per heavy atom. The third-order valence-corrected chi connectivity index (χ3v) is 5.73. The molecule has 0 saturated heterocycles. The second-order valence-electron chi connectivity index (χ2n) is 7.04. The average Bonchev–Trinajstić information content (AvgIpc) is 3.29. The highest BCUT2D eigenvalue weighted by atomic mass is 32.1. The van der Waals surface area contributed by atoms with E-state index in [1.165, 1.54) is 48.7 Å². The molecule has 0 amide bonds. The quantitative estimate of drug-likeness (QED) is 0.174. The van der Waals surface area contributed by atoms with Crippen molar-refractivity contribution in [3.8, 4) is 17.3 Å². The van der Waals surface area contributed by atoms with Gasteiger partial charge in [0.05, 0.1) is 21.1 Å². The molecule has 0 unspecified atom stereocenters. The van der Waals surface area contributed by atoms with Crippen molar-refractivity contribution < 1.29 is 14.3 Å². The minimum absolute atomic E-state index is 0.0448.